The van der Waals surface area contributed by atoms with E-state index >= 15 is 0 Å². The second-order valence-electron chi connectivity index (χ2n) is 8.73. The van der Waals surface area contributed by atoms with E-state index in [1.165, 1.54) is 31.2 Å². The molecule has 138 valence electrons. The smallest absolute Gasteiger partial charge is 0.122 e. The van der Waals surface area contributed by atoms with Crippen LogP contribution >= 0.6 is 0 Å². The summed E-state index contributed by atoms with van der Waals surface area (Å²) in [6, 6.07) is 6.22. The molecular formula is C23H34O2. The summed E-state index contributed by atoms with van der Waals surface area (Å²) in [5.41, 5.74) is 3.53. The summed E-state index contributed by atoms with van der Waals surface area (Å²) < 4.78 is 11.2. The van der Waals surface area contributed by atoms with Crippen molar-refractivity contribution in [2.45, 2.75) is 59.8 Å². The van der Waals surface area contributed by atoms with E-state index in [9.17, 15) is 0 Å². The molecule has 2 aliphatic rings. The molecule has 3 rings (SSSR count). The number of hydrogen-bond acceptors (Lipinski definition) is 2. The molecule has 0 N–H and O–H groups in total. The summed E-state index contributed by atoms with van der Waals surface area (Å²) in [5.74, 6) is 3.35. The predicted octanol–water partition coefficient (Wildman–Crippen LogP) is 6.05. The SMILES string of the molecule is COc1ccc(OC)c(C[C@@]2(C)[C@H](C)CC[C@@]3(C)C(C)=CCC[C@H]23)c1. The van der Waals surface area contributed by atoms with E-state index in [4.69, 9.17) is 9.47 Å². The van der Waals surface area contributed by atoms with Gasteiger partial charge in [-0.3, -0.25) is 0 Å². The summed E-state index contributed by atoms with van der Waals surface area (Å²) in [7, 11) is 3.51. The largest absolute Gasteiger partial charge is 0.497 e. The Morgan fingerprint density at radius 2 is 1.88 bits per heavy atom. The Hall–Kier alpha value is -1.44. The summed E-state index contributed by atoms with van der Waals surface area (Å²) in [6.45, 7) is 9.85. The molecule has 0 saturated heterocycles. The fraction of sp³-hybridized carbons (Fsp3) is 0.652. The van der Waals surface area contributed by atoms with Gasteiger partial charge in [0.1, 0.15) is 11.5 Å². The Morgan fingerprint density at radius 3 is 2.56 bits per heavy atom. The Morgan fingerprint density at radius 1 is 1.12 bits per heavy atom. The average Bonchev–Trinajstić information content (AvgIpc) is 2.60. The van der Waals surface area contributed by atoms with Crippen molar-refractivity contribution in [3.05, 3.63) is 35.4 Å². The van der Waals surface area contributed by atoms with E-state index in [1.807, 2.05) is 6.07 Å². The van der Waals surface area contributed by atoms with Crippen LogP contribution in [0.3, 0.4) is 0 Å². The van der Waals surface area contributed by atoms with Gasteiger partial charge in [-0.05, 0) is 85.5 Å². The van der Waals surface area contributed by atoms with Crippen LogP contribution < -0.4 is 9.47 Å². The predicted molar refractivity (Wildman–Crippen MR) is 104 cm³/mol. The molecule has 2 nitrogen and oxygen atoms in total. The van der Waals surface area contributed by atoms with Crippen LogP contribution in [0, 0.1) is 22.7 Å². The molecule has 4 atom stereocenters. The Balaban J connectivity index is 2.01. The van der Waals surface area contributed by atoms with Crippen molar-refractivity contribution < 1.29 is 9.47 Å². The lowest BCUT2D eigenvalue weighted by molar-refractivity contribution is -0.0412. The molecule has 0 bridgehead atoms. The maximum atomic E-state index is 5.68. The topological polar surface area (TPSA) is 18.5 Å². The lowest BCUT2D eigenvalue weighted by atomic mass is 9.47. The highest BCUT2D eigenvalue weighted by atomic mass is 16.5. The van der Waals surface area contributed by atoms with Crippen molar-refractivity contribution in [1.29, 1.82) is 0 Å². The zero-order valence-electron chi connectivity index (χ0n) is 16.8. The van der Waals surface area contributed by atoms with E-state index < -0.39 is 0 Å². The van der Waals surface area contributed by atoms with Crippen LogP contribution in [0.1, 0.15) is 58.9 Å². The van der Waals surface area contributed by atoms with E-state index in [2.05, 4.69) is 45.9 Å². The van der Waals surface area contributed by atoms with E-state index in [1.54, 1.807) is 19.8 Å². The highest BCUT2D eigenvalue weighted by molar-refractivity contribution is 5.41. The molecule has 2 heteroatoms. The van der Waals surface area contributed by atoms with Crippen molar-refractivity contribution in [2.75, 3.05) is 14.2 Å². The van der Waals surface area contributed by atoms with Crippen LogP contribution in [0.2, 0.25) is 0 Å². The van der Waals surface area contributed by atoms with Crippen molar-refractivity contribution in [3.8, 4) is 11.5 Å². The number of allylic oxidation sites excluding steroid dienone is 2. The molecule has 1 saturated carbocycles. The zero-order valence-corrected chi connectivity index (χ0v) is 16.8. The summed E-state index contributed by atoms with van der Waals surface area (Å²) >= 11 is 0. The molecular weight excluding hydrogens is 308 g/mol. The Labute approximate surface area is 153 Å². The molecule has 0 aromatic heterocycles. The monoisotopic (exact) mass is 342 g/mol. The first-order valence-corrected chi connectivity index (χ1v) is 9.73. The lowest BCUT2D eigenvalue weighted by Gasteiger charge is -2.58. The third kappa shape index (κ3) is 2.98. The van der Waals surface area contributed by atoms with Gasteiger partial charge in [-0.1, -0.05) is 32.4 Å². The normalized spacial score (nSPS) is 34.9. The van der Waals surface area contributed by atoms with Gasteiger partial charge in [-0.25, -0.2) is 0 Å². The van der Waals surface area contributed by atoms with Crippen LogP contribution in [0.5, 0.6) is 11.5 Å². The van der Waals surface area contributed by atoms with Crippen molar-refractivity contribution in [3.63, 3.8) is 0 Å². The first kappa shape index (κ1) is 18.4. The minimum absolute atomic E-state index is 0.280. The molecule has 0 unspecified atom stereocenters. The fourth-order valence-corrected chi connectivity index (χ4v) is 5.64. The van der Waals surface area contributed by atoms with Gasteiger partial charge < -0.3 is 9.47 Å². The molecule has 1 aromatic carbocycles. The van der Waals surface area contributed by atoms with Gasteiger partial charge in [0.15, 0.2) is 0 Å². The summed E-state index contributed by atoms with van der Waals surface area (Å²) in [5, 5.41) is 0. The van der Waals surface area contributed by atoms with Crippen molar-refractivity contribution in [1.82, 2.24) is 0 Å². The minimum atomic E-state index is 0.280. The summed E-state index contributed by atoms with van der Waals surface area (Å²) in [6.07, 6.45) is 8.71. The summed E-state index contributed by atoms with van der Waals surface area (Å²) in [4.78, 5) is 0. The third-order valence-electron chi connectivity index (χ3n) is 7.65. The number of methoxy groups -OCH3 is 2. The van der Waals surface area contributed by atoms with E-state index in [0.29, 0.717) is 11.3 Å². The minimum Gasteiger partial charge on any atom is -0.497 e. The van der Waals surface area contributed by atoms with Gasteiger partial charge in [-0.15, -0.1) is 0 Å². The third-order valence-corrected chi connectivity index (χ3v) is 7.65. The molecule has 2 aliphatic carbocycles. The van der Waals surface area contributed by atoms with Gasteiger partial charge in [0.25, 0.3) is 0 Å². The molecule has 0 aliphatic heterocycles. The number of ether oxygens (including phenoxy) is 2. The molecule has 0 heterocycles. The molecule has 1 aromatic rings. The Bertz CT molecular complexity index is 662. The molecule has 0 spiro atoms. The van der Waals surface area contributed by atoms with Crippen molar-refractivity contribution >= 4 is 0 Å². The standard InChI is InChI=1S/C23H34O2/c1-16-8-7-9-21-22(16,3)13-12-17(2)23(21,4)15-18-14-19(24-5)10-11-20(18)25-6/h8,10-11,14,17,21H,7,9,12-13,15H2,1-6H3/t17-,21+,22+,23+/m1/s1. The van der Waals surface area contributed by atoms with Gasteiger partial charge >= 0.3 is 0 Å². The highest BCUT2D eigenvalue weighted by Crippen LogP contribution is 2.61. The highest BCUT2D eigenvalue weighted by Gasteiger charge is 2.53. The molecule has 25 heavy (non-hydrogen) atoms. The first-order valence-electron chi connectivity index (χ1n) is 9.73. The van der Waals surface area contributed by atoms with Crippen LogP contribution in [-0.4, -0.2) is 14.2 Å². The lowest BCUT2D eigenvalue weighted by Crippen LogP contribution is -2.50. The first-order chi connectivity index (χ1) is 11.8. The molecule has 0 radical (unpaired) electrons. The number of benzene rings is 1. The second-order valence-corrected chi connectivity index (χ2v) is 8.73. The quantitative estimate of drug-likeness (QED) is 0.621. The zero-order chi connectivity index (χ0) is 18.2. The van der Waals surface area contributed by atoms with Gasteiger partial charge in [0, 0.05) is 0 Å². The van der Waals surface area contributed by atoms with Crippen LogP contribution in [0.4, 0.5) is 0 Å². The van der Waals surface area contributed by atoms with E-state index in [0.717, 1.165) is 23.8 Å². The van der Waals surface area contributed by atoms with Crippen molar-refractivity contribution in [2.24, 2.45) is 22.7 Å². The fourth-order valence-electron chi connectivity index (χ4n) is 5.64. The van der Waals surface area contributed by atoms with E-state index in [-0.39, 0.29) is 5.41 Å². The van der Waals surface area contributed by atoms with Crippen LogP contribution in [0.15, 0.2) is 29.8 Å². The van der Waals surface area contributed by atoms with Crippen LogP contribution in [-0.2, 0) is 6.42 Å². The average molecular weight is 343 g/mol. The number of hydrogen-bond donors (Lipinski definition) is 0. The number of fused-ring (bicyclic) bond motifs is 1. The maximum absolute atomic E-state index is 5.68. The number of rotatable bonds is 4. The van der Waals surface area contributed by atoms with Gasteiger partial charge in [-0.2, -0.15) is 0 Å². The van der Waals surface area contributed by atoms with Crippen LogP contribution in [0.25, 0.3) is 0 Å². The van der Waals surface area contributed by atoms with Gasteiger partial charge in [0.05, 0.1) is 14.2 Å². The second kappa shape index (κ2) is 6.70. The maximum Gasteiger partial charge on any atom is 0.122 e. The molecule has 1 fully saturated rings. The Kier molecular flexibility index (Phi) is 4.92. The van der Waals surface area contributed by atoms with Gasteiger partial charge in [0.2, 0.25) is 0 Å². The molecule has 0 amide bonds.